The van der Waals surface area contributed by atoms with Gasteiger partial charge in [0.15, 0.2) is 0 Å². The Labute approximate surface area is 70.3 Å². The summed E-state index contributed by atoms with van der Waals surface area (Å²) in [7, 11) is 0. The Morgan fingerprint density at radius 2 is 1.82 bits per heavy atom. The van der Waals surface area contributed by atoms with Crippen molar-refractivity contribution in [1.29, 1.82) is 0 Å². The second-order valence-electron chi connectivity index (χ2n) is 3.15. The zero-order chi connectivity index (χ0) is 8.53. The van der Waals surface area contributed by atoms with Crippen molar-refractivity contribution in [3.05, 3.63) is 0 Å². The van der Waals surface area contributed by atoms with Crippen LogP contribution in [-0.4, -0.2) is 13.1 Å². The van der Waals surface area contributed by atoms with E-state index in [9.17, 15) is 0 Å². The number of hydrogen-bond acceptors (Lipinski definition) is 2. The Bertz CT molecular complexity index is 70.0. The number of rotatable bonds is 7. The van der Waals surface area contributed by atoms with Crippen LogP contribution in [0.3, 0.4) is 0 Å². The maximum absolute atomic E-state index is 5.57. The molecule has 0 aromatic carbocycles. The van der Waals surface area contributed by atoms with E-state index in [4.69, 9.17) is 11.5 Å². The Balaban J connectivity index is 3.07. The molecule has 0 rings (SSSR count). The van der Waals surface area contributed by atoms with Gasteiger partial charge >= 0.3 is 0 Å². The summed E-state index contributed by atoms with van der Waals surface area (Å²) in [6.07, 6.45) is 6.24. The monoisotopic (exact) mass is 158 g/mol. The molecule has 4 N–H and O–H groups in total. The van der Waals surface area contributed by atoms with Crippen molar-refractivity contribution in [3.63, 3.8) is 0 Å². The highest BCUT2D eigenvalue weighted by atomic mass is 14.5. The largest absolute Gasteiger partial charge is 0.330 e. The van der Waals surface area contributed by atoms with Crippen LogP contribution < -0.4 is 11.5 Å². The molecule has 0 amide bonds. The quantitative estimate of drug-likeness (QED) is 0.551. The molecule has 2 nitrogen and oxygen atoms in total. The summed E-state index contributed by atoms with van der Waals surface area (Å²) in [5.41, 5.74) is 11.0. The molecule has 0 aliphatic rings. The van der Waals surface area contributed by atoms with Crippen LogP contribution in [0.25, 0.3) is 0 Å². The molecule has 2 heteroatoms. The average molecular weight is 158 g/mol. The van der Waals surface area contributed by atoms with E-state index in [1.807, 2.05) is 0 Å². The first-order valence-corrected chi connectivity index (χ1v) is 4.75. The fourth-order valence-corrected chi connectivity index (χ4v) is 1.24. The van der Waals surface area contributed by atoms with Crippen LogP contribution in [0.2, 0.25) is 0 Å². The molecule has 0 aromatic heterocycles. The van der Waals surface area contributed by atoms with Gasteiger partial charge in [0.05, 0.1) is 0 Å². The van der Waals surface area contributed by atoms with Gasteiger partial charge in [-0.1, -0.05) is 26.2 Å². The molecular weight excluding hydrogens is 136 g/mol. The van der Waals surface area contributed by atoms with Crippen LogP contribution in [0.4, 0.5) is 0 Å². The lowest BCUT2D eigenvalue weighted by molar-refractivity contribution is 0.452. The lowest BCUT2D eigenvalue weighted by Gasteiger charge is -2.10. The molecule has 0 aliphatic heterocycles. The molecule has 0 fully saturated rings. The summed E-state index contributed by atoms with van der Waals surface area (Å²) in [5.74, 6) is 0.743. The molecule has 0 bridgehead atoms. The standard InChI is InChI=1S/C9H22N2/c1-2-9(8-11)6-4-3-5-7-10/h9H,2-8,10-11H2,1H3. The highest BCUT2D eigenvalue weighted by Crippen LogP contribution is 2.11. The topological polar surface area (TPSA) is 52.0 Å². The Hall–Kier alpha value is -0.0800. The van der Waals surface area contributed by atoms with Gasteiger partial charge in [-0.05, 0) is 31.8 Å². The molecule has 0 aromatic rings. The predicted octanol–water partition coefficient (Wildman–Crippen LogP) is 1.49. The lowest BCUT2D eigenvalue weighted by atomic mass is 9.99. The second kappa shape index (κ2) is 8.02. The normalized spacial score (nSPS) is 13.4. The van der Waals surface area contributed by atoms with Crippen molar-refractivity contribution in [1.82, 2.24) is 0 Å². The molecule has 0 saturated carbocycles. The Morgan fingerprint density at radius 3 is 2.27 bits per heavy atom. The zero-order valence-corrected chi connectivity index (χ0v) is 7.68. The highest BCUT2D eigenvalue weighted by Gasteiger charge is 2.01. The molecule has 0 heterocycles. The minimum absolute atomic E-state index is 0.743. The molecule has 0 aliphatic carbocycles. The lowest BCUT2D eigenvalue weighted by Crippen LogP contribution is -2.13. The number of unbranched alkanes of at least 4 members (excludes halogenated alkanes) is 2. The summed E-state index contributed by atoms with van der Waals surface area (Å²) >= 11 is 0. The van der Waals surface area contributed by atoms with E-state index in [1.54, 1.807) is 0 Å². The van der Waals surface area contributed by atoms with E-state index in [0.717, 1.165) is 19.0 Å². The van der Waals surface area contributed by atoms with Crippen molar-refractivity contribution in [3.8, 4) is 0 Å². The van der Waals surface area contributed by atoms with Gasteiger partial charge in [0.25, 0.3) is 0 Å². The number of nitrogens with two attached hydrogens (primary N) is 2. The van der Waals surface area contributed by atoms with Crippen molar-refractivity contribution in [2.45, 2.75) is 39.0 Å². The van der Waals surface area contributed by atoms with Gasteiger partial charge in [-0.15, -0.1) is 0 Å². The van der Waals surface area contributed by atoms with Crippen LogP contribution in [-0.2, 0) is 0 Å². The van der Waals surface area contributed by atoms with Crippen LogP contribution in [0.1, 0.15) is 39.0 Å². The van der Waals surface area contributed by atoms with E-state index >= 15 is 0 Å². The minimum atomic E-state index is 0.743. The highest BCUT2D eigenvalue weighted by molar-refractivity contribution is 4.57. The summed E-state index contributed by atoms with van der Waals surface area (Å²) in [6, 6.07) is 0. The van der Waals surface area contributed by atoms with Gasteiger partial charge in [-0.25, -0.2) is 0 Å². The molecule has 11 heavy (non-hydrogen) atoms. The summed E-state index contributed by atoms with van der Waals surface area (Å²) < 4.78 is 0. The van der Waals surface area contributed by atoms with Gasteiger partial charge in [-0.2, -0.15) is 0 Å². The average Bonchev–Trinajstić information content (AvgIpc) is 2.05. The van der Waals surface area contributed by atoms with E-state index in [0.29, 0.717) is 0 Å². The molecule has 0 saturated heterocycles. The van der Waals surface area contributed by atoms with E-state index in [2.05, 4.69) is 6.92 Å². The van der Waals surface area contributed by atoms with Crippen LogP contribution >= 0.6 is 0 Å². The van der Waals surface area contributed by atoms with Gasteiger partial charge < -0.3 is 11.5 Å². The van der Waals surface area contributed by atoms with Crippen LogP contribution in [0.5, 0.6) is 0 Å². The fourth-order valence-electron chi connectivity index (χ4n) is 1.24. The summed E-state index contributed by atoms with van der Waals surface area (Å²) in [4.78, 5) is 0. The third-order valence-corrected chi connectivity index (χ3v) is 2.23. The first-order valence-electron chi connectivity index (χ1n) is 4.75. The van der Waals surface area contributed by atoms with E-state index in [-0.39, 0.29) is 0 Å². The molecular formula is C9H22N2. The first kappa shape index (κ1) is 10.9. The maximum Gasteiger partial charge on any atom is -0.00490 e. The van der Waals surface area contributed by atoms with Crippen LogP contribution in [0, 0.1) is 5.92 Å². The molecule has 1 unspecified atom stereocenters. The second-order valence-corrected chi connectivity index (χ2v) is 3.15. The van der Waals surface area contributed by atoms with Gasteiger partial charge in [0, 0.05) is 0 Å². The van der Waals surface area contributed by atoms with E-state index < -0.39 is 0 Å². The summed E-state index contributed by atoms with van der Waals surface area (Å²) in [5, 5.41) is 0. The van der Waals surface area contributed by atoms with Crippen LogP contribution in [0.15, 0.2) is 0 Å². The third kappa shape index (κ3) is 6.32. The number of hydrogen-bond donors (Lipinski definition) is 2. The van der Waals surface area contributed by atoms with Crippen molar-refractivity contribution < 1.29 is 0 Å². The molecule has 0 spiro atoms. The molecule has 0 radical (unpaired) electrons. The van der Waals surface area contributed by atoms with Crippen molar-refractivity contribution >= 4 is 0 Å². The minimum Gasteiger partial charge on any atom is -0.330 e. The zero-order valence-electron chi connectivity index (χ0n) is 7.68. The van der Waals surface area contributed by atoms with Crippen molar-refractivity contribution in [2.24, 2.45) is 17.4 Å². The first-order chi connectivity index (χ1) is 5.35. The third-order valence-electron chi connectivity index (χ3n) is 2.23. The van der Waals surface area contributed by atoms with Gasteiger partial charge in [0.2, 0.25) is 0 Å². The maximum atomic E-state index is 5.57. The molecule has 68 valence electrons. The predicted molar refractivity (Wildman–Crippen MR) is 50.4 cm³/mol. The smallest absolute Gasteiger partial charge is 0.00490 e. The molecule has 1 atom stereocenters. The van der Waals surface area contributed by atoms with E-state index in [1.165, 1.54) is 32.1 Å². The van der Waals surface area contributed by atoms with Crippen molar-refractivity contribution in [2.75, 3.05) is 13.1 Å². The Kier molecular flexibility index (Phi) is 7.96. The fraction of sp³-hybridized carbons (Fsp3) is 1.00. The Morgan fingerprint density at radius 1 is 1.09 bits per heavy atom. The van der Waals surface area contributed by atoms with Gasteiger partial charge in [-0.3, -0.25) is 0 Å². The SMILES string of the molecule is CCC(CN)CCCCCN. The summed E-state index contributed by atoms with van der Waals surface area (Å²) in [6.45, 7) is 3.89. The van der Waals surface area contributed by atoms with Gasteiger partial charge in [0.1, 0.15) is 0 Å².